The van der Waals surface area contributed by atoms with E-state index in [1.165, 1.54) is 0 Å². The van der Waals surface area contributed by atoms with Crippen molar-refractivity contribution in [1.29, 1.82) is 0 Å². The van der Waals surface area contributed by atoms with Gasteiger partial charge >= 0.3 is 0 Å². The molecule has 2 rings (SSSR count). The van der Waals surface area contributed by atoms with E-state index in [1.54, 1.807) is 6.92 Å². The molecular weight excluding hydrogens is 218 g/mol. The van der Waals surface area contributed by atoms with Gasteiger partial charge in [0.15, 0.2) is 6.61 Å². The first-order valence-electron chi connectivity index (χ1n) is 5.43. The summed E-state index contributed by atoms with van der Waals surface area (Å²) in [5, 5.41) is 3.79. The van der Waals surface area contributed by atoms with Crippen molar-refractivity contribution in [1.82, 2.24) is 10.1 Å². The molecule has 0 bridgehead atoms. The second-order valence-electron chi connectivity index (χ2n) is 3.89. The first-order chi connectivity index (χ1) is 8.16. The van der Waals surface area contributed by atoms with E-state index in [2.05, 4.69) is 10.1 Å². The molecule has 1 aromatic carbocycles. The molecule has 0 spiro atoms. The maximum atomic E-state index is 5.62. The lowest BCUT2D eigenvalue weighted by atomic mass is 10.2. The molecule has 0 radical (unpaired) electrons. The summed E-state index contributed by atoms with van der Waals surface area (Å²) in [7, 11) is 0. The minimum atomic E-state index is -0.255. The summed E-state index contributed by atoms with van der Waals surface area (Å²) in [6.07, 6.45) is 0. The molecule has 0 saturated carbocycles. The van der Waals surface area contributed by atoms with E-state index in [4.69, 9.17) is 15.0 Å². The predicted molar refractivity (Wildman–Crippen MR) is 62.4 cm³/mol. The number of para-hydroxylation sites is 1. The van der Waals surface area contributed by atoms with Crippen LogP contribution in [-0.4, -0.2) is 10.1 Å². The molecule has 90 valence electrons. The highest BCUT2D eigenvalue weighted by Crippen LogP contribution is 2.17. The fraction of sp³-hybridized carbons (Fsp3) is 0.333. The maximum Gasteiger partial charge on any atom is 0.243 e. The van der Waals surface area contributed by atoms with Crippen LogP contribution in [0.25, 0.3) is 0 Å². The molecule has 0 fully saturated rings. The highest BCUT2D eigenvalue weighted by atomic mass is 16.5. The zero-order valence-electron chi connectivity index (χ0n) is 9.88. The van der Waals surface area contributed by atoms with Crippen molar-refractivity contribution in [3.8, 4) is 5.75 Å². The normalized spacial score (nSPS) is 12.4. The van der Waals surface area contributed by atoms with Crippen molar-refractivity contribution in [2.24, 2.45) is 5.73 Å². The van der Waals surface area contributed by atoms with Gasteiger partial charge in [-0.1, -0.05) is 23.4 Å². The maximum absolute atomic E-state index is 5.62. The first kappa shape index (κ1) is 11.6. The Bertz CT molecular complexity index is 494. The molecule has 0 aliphatic carbocycles. The van der Waals surface area contributed by atoms with Crippen LogP contribution in [0.1, 0.15) is 30.2 Å². The highest BCUT2D eigenvalue weighted by Gasteiger charge is 2.10. The van der Waals surface area contributed by atoms with E-state index in [-0.39, 0.29) is 12.6 Å². The molecule has 5 nitrogen and oxygen atoms in total. The fourth-order valence-electron chi connectivity index (χ4n) is 1.37. The zero-order chi connectivity index (χ0) is 12.3. The number of nitrogens with zero attached hydrogens (tertiary/aromatic N) is 2. The Balaban J connectivity index is 2.00. The van der Waals surface area contributed by atoms with Crippen molar-refractivity contribution >= 4 is 0 Å². The lowest BCUT2D eigenvalue weighted by Crippen LogP contribution is -2.05. The van der Waals surface area contributed by atoms with Gasteiger partial charge in [0.25, 0.3) is 0 Å². The number of nitrogens with two attached hydrogens (primary N) is 1. The Kier molecular flexibility index (Phi) is 3.39. The number of benzene rings is 1. The monoisotopic (exact) mass is 233 g/mol. The van der Waals surface area contributed by atoms with E-state index in [1.807, 2.05) is 31.2 Å². The van der Waals surface area contributed by atoms with Crippen LogP contribution in [0.5, 0.6) is 5.75 Å². The predicted octanol–water partition coefficient (Wildman–Crippen LogP) is 1.98. The summed E-state index contributed by atoms with van der Waals surface area (Å²) in [5.41, 5.74) is 6.69. The summed E-state index contributed by atoms with van der Waals surface area (Å²) < 4.78 is 10.6. The number of ether oxygens (including phenoxy) is 1. The molecule has 5 heteroatoms. The van der Waals surface area contributed by atoms with E-state index in [0.717, 1.165) is 11.3 Å². The molecule has 17 heavy (non-hydrogen) atoms. The van der Waals surface area contributed by atoms with Gasteiger partial charge in [0.1, 0.15) is 5.75 Å². The smallest absolute Gasteiger partial charge is 0.243 e. The highest BCUT2D eigenvalue weighted by molar-refractivity contribution is 5.31. The molecule has 0 aliphatic heterocycles. The van der Waals surface area contributed by atoms with E-state index in [0.29, 0.717) is 11.7 Å². The third-order valence-corrected chi connectivity index (χ3v) is 2.32. The van der Waals surface area contributed by atoms with Crippen molar-refractivity contribution in [2.45, 2.75) is 26.5 Å². The quantitative estimate of drug-likeness (QED) is 0.873. The molecule has 0 amide bonds. The molecule has 0 aliphatic rings. The number of rotatable bonds is 4. The van der Waals surface area contributed by atoms with Crippen LogP contribution in [0.2, 0.25) is 0 Å². The molecule has 1 aromatic heterocycles. The molecule has 1 atom stereocenters. The lowest BCUT2D eigenvalue weighted by molar-refractivity contribution is 0.282. The van der Waals surface area contributed by atoms with E-state index < -0.39 is 0 Å². The van der Waals surface area contributed by atoms with Crippen LogP contribution in [-0.2, 0) is 6.61 Å². The SMILES string of the molecule is Cc1ccccc1OCc1noc(C(C)N)n1. The van der Waals surface area contributed by atoms with Crippen LogP contribution >= 0.6 is 0 Å². The molecule has 0 saturated heterocycles. The minimum Gasteiger partial charge on any atom is -0.485 e. The molecule has 1 heterocycles. The van der Waals surface area contributed by atoms with Gasteiger partial charge in [0.2, 0.25) is 11.7 Å². The molecule has 2 aromatic rings. The summed E-state index contributed by atoms with van der Waals surface area (Å²) in [6.45, 7) is 4.06. The Morgan fingerprint density at radius 2 is 2.18 bits per heavy atom. The van der Waals surface area contributed by atoms with Gasteiger partial charge < -0.3 is 15.0 Å². The van der Waals surface area contributed by atoms with Crippen LogP contribution < -0.4 is 10.5 Å². The van der Waals surface area contributed by atoms with E-state index in [9.17, 15) is 0 Å². The Labute approximate surface area is 99.6 Å². The molecular formula is C12H15N3O2. The standard InChI is InChI=1S/C12H15N3O2/c1-8-5-3-4-6-10(8)16-7-11-14-12(9(2)13)17-15-11/h3-6,9H,7,13H2,1-2H3. The van der Waals surface area contributed by atoms with E-state index >= 15 is 0 Å². The van der Waals surface area contributed by atoms with Crippen LogP contribution in [0.4, 0.5) is 0 Å². The Morgan fingerprint density at radius 1 is 1.41 bits per heavy atom. The van der Waals surface area contributed by atoms with Gasteiger partial charge in [-0.25, -0.2) is 0 Å². The van der Waals surface area contributed by atoms with Crippen LogP contribution in [0.15, 0.2) is 28.8 Å². The summed E-state index contributed by atoms with van der Waals surface area (Å²) in [5.74, 6) is 1.74. The topological polar surface area (TPSA) is 74.2 Å². The fourth-order valence-corrected chi connectivity index (χ4v) is 1.37. The summed E-state index contributed by atoms with van der Waals surface area (Å²) >= 11 is 0. The van der Waals surface area contributed by atoms with Gasteiger partial charge in [0.05, 0.1) is 6.04 Å². The average molecular weight is 233 g/mol. The van der Waals surface area contributed by atoms with Crippen molar-refractivity contribution < 1.29 is 9.26 Å². The van der Waals surface area contributed by atoms with Gasteiger partial charge in [0, 0.05) is 0 Å². The van der Waals surface area contributed by atoms with Gasteiger partial charge in [-0.15, -0.1) is 0 Å². The van der Waals surface area contributed by atoms with Crippen molar-refractivity contribution in [2.75, 3.05) is 0 Å². The summed E-state index contributed by atoms with van der Waals surface area (Å²) in [4.78, 5) is 4.13. The van der Waals surface area contributed by atoms with Gasteiger partial charge in [-0.2, -0.15) is 4.98 Å². The summed E-state index contributed by atoms with van der Waals surface area (Å²) in [6, 6.07) is 7.52. The van der Waals surface area contributed by atoms with Crippen molar-refractivity contribution in [3.05, 3.63) is 41.5 Å². The Hall–Kier alpha value is -1.88. The average Bonchev–Trinajstić information content (AvgIpc) is 2.77. The third kappa shape index (κ3) is 2.82. The lowest BCUT2D eigenvalue weighted by Gasteiger charge is -2.05. The number of hydrogen-bond donors (Lipinski definition) is 1. The van der Waals surface area contributed by atoms with Crippen LogP contribution in [0.3, 0.4) is 0 Å². The minimum absolute atomic E-state index is 0.255. The second-order valence-corrected chi connectivity index (χ2v) is 3.89. The third-order valence-electron chi connectivity index (χ3n) is 2.32. The van der Waals surface area contributed by atoms with Crippen molar-refractivity contribution in [3.63, 3.8) is 0 Å². The number of aryl methyl sites for hydroxylation is 1. The van der Waals surface area contributed by atoms with Crippen LogP contribution in [0, 0.1) is 6.92 Å². The molecule has 2 N–H and O–H groups in total. The van der Waals surface area contributed by atoms with Gasteiger partial charge in [-0.05, 0) is 25.5 Å². The number of hydrogen-bond acceptors (Lipinski definition) is 5. The molecule has 1 unspecified atom stereocenters. The largest absolute Gasteiger partial charge is 0.485 e. The van der Waals surface area contributed by atoms with Gasteiger partial charge in [-0.3, -0.25) is 0 Å². The zero-order valence-corrected chi connectivity index (χ0v) is 9.88. The Morgan fingerprint density at radius 3 is 2.82 bits per heavy atom. The first-order valence-corrected chi connectivity index (χ1v) is 5.43. The number of aromatic nitrogens is 2. The second kappa shape index (κ2) is 4.97.